The standard InChI is InChI=1S/C11H11BrIN3O/c1-14-5-4-10-15-11(17-16-10)8-6-7(13)2-3-9(8)12/h2-3,6,14H,4-5H2,1H3. The molecule has 4 nitrogen and oxygen atoms in total. The molecule has 0 amide bonds. The number of likely N-dealkylation sites (N-methyl/N-ethyl adjacent to an activating group) is 1. The Bertz CT molecular complexity index is 515. The lowest BCUT2D eigenvalue weighted by Crippen LogP contribution is -2.11. The number of hydrogen-bond donors (Lipinski definition) is 1. The summed E-state index contributed by atoms with van der Waals surface area (Å²) >= 11 is 5.74. The Morgan fingerprint density at radius 1 is 1.47 bits per heavy atom. The summed E-state index contributed by atoms with van der Waals surface area (Å²) in [7, 11) is 1.90. The van der Waals surface area contributed by atoms with Gasteiger partial charge in [0.1, 0.15) is 0 Å². The van der Waals surface area contributed by atoms with E-state index in [0.29, 0.717) is 5.89 Å². The van der Waals surface area contributed by atoms with Gasteiger partial charge in [-0.1, -0.05) is 5.16 Å². The van der Waals surface area contributed by atoms with Gasteiger partial charge < -0.3 is 9.84 Å². The fraction of sp³-hybridized carbons (Fsp3) is 0.273. The summed E-state index contributed by atoms with van der Waals surface area (Å²) in [5.74, 6) is 1.28. The van der Waals surface area contributed by atoms with E-state index < -0.39 is 0 Å². The molecule has 90 valence electrons. The minimum Gasteiger partial charge on any atom is -0.334 e. The van der Waals surface area contributed by atoms with E-state index in [1.54, 1.807) is 0 Å². The van der Waals surface area contributed by atoms with Crippen molar-refractivity contribution in [3.8, 4) is 11.5 Å². The van der Waals surface area contributed by atoms with Crippen molar-refractivity contribution in [1.82, 2.24) is 15.5 Å². The number of nitrogens with zero attached hydrogens (tertiary/aromatic N) is 2. The maximum atomic E-state index is 5.26. The Balaban J connectivity index is 2.27. The summed E-state index contributed by atoms with van der Waals surface area (Å²) in [6, 6.07) is 6.01. The summed E-state index contributed by atoms with van der Waals surface area (Å²) in [6.07, 6.45) is 0.765. The molecule has 1 aromatic carbocycles. The molecule has 0 radical (unpaired) electrons. The predicted octanol–water partition coefficient (Wildman–Crippen LogP) is 2.87. The molecule has 6 heteroatoms. The third-order valence-electron chi connectivity index (χ3n) is 2.23. The molecule has 0 unspecified atom stereocenters. The van der Waals surface area contributed by atoms with Gasteiger partial charge in [-0.25, -0.2) is 0 Å². The van der Waals surface area contributed by atoms with Gasteiger partial charge in [0.2, 0.25) is 0 Å². The first kappa shape index (κ1) is 13.0. The van der Waals surface area contributed by atoms with Gasteiger partial charge in [0.15, 0.2) is 5.82 Å². The molecule has 0 aliphatic carbocycles. The second-order valence-electron chi connectivity index (χ2n) is 3.49. The van der Waals surface area contributed by atoms with E-state index in [9.17, 15) is 0 Å². The average molecular weight is 408 g/mol. The fourth-order valence-corrected chi connectivity index (χ4v) is 2.27. The third kappa shape index (κ3) is 3.26. The molecule has 2 aromatic rings. The van der Waals surface area contributed by atoms with Crippen LogP contribution >= 0.6 is 38.5 Å². The van der Waals surface area contributed by atoms with Crippen LogP contribution in [0.2, 0.25) is 0 Å². The van der Waals surface area contributed by atoms with Gasteiger partial charge >= 0.3 is 0 Å². The highest BCUT2D eigenvalue weighted by atomic mass is 127. The molecular weight excluding hydrogens is 397 g/mol. The zero-order valence-corrected chi connectivity index (χ0v) is 12.9. The average Bonchev–Trinajstić information content (AvgIpc) is 2.78. The number of aromatic nitrogens is 2. The number of nitrogens with one attached hydrogen (secondary N) is 1. The summed E-state index contributed by atoms with van der Waals surface area (Å²) in [4.78, 5) is 4.37. The molecule has 0 saturated carbocycles. The second kappa shape index (κ2) is 5.92. The monoisotopic (exact) mass is 407 g/mol. The number of benzene rings is 1. The summed E-state index contributed by atoms with van der Waals surface area (Å²) in [5.41, 5.74) is 0.931. The van der Waals surface area contributed by atoms with E-state index >= 15 is 0 Å². The lowest BCUT2D eigenvalue weighted by Gasteiger charge is -1.99. The van der Waals surface area contributed by atoms with Gasteiger partial charge in [0.05, 0.1) is 5.56 Å². The molecule has 17 heavy (non-hydrogen) atoms. The normalized spacial score (nSPS) is 10.8. The summed E-state index contributed by atoms with van der Waals surface area (Å²) in [6.45, 7) is 0.840. The maximum absolute atomic E-state index is 5.26. The highest BCUT2D eigenvalue weighted by molar-refractivity contribution is 14.1. The summed E-state index contributed by atoms with van der Waals surface area (Å²) < 4.78 is 7.36. The van der Waals surface area contributed by atoms with Crippen LogP contribution < -0.4 is 5.32 Å². The quantitative estimate of drug-likeness (QED) is 0.792. The van der Waals surface area contributed by atoms with Crippen molar-refractivity contribution in [2.75, 3.05) is 13.6 Å². The zero-order valence-electron chi connectivity index (χ0n) is 9.20. The molecule has 1 N–H and O–H groups in total. The first-order valence-electron chi connectivity index (χ1n) is 5.13. The topological polar surface area (TPSA) is 51.0 Å². The molecule has 0 spiro atoms. The molecule has 1 aromatic heterocycles. The number of rotatable bonds is 4. The first-order valence-corrected chi connectivity index (χ1v) is 7.00. The Morgan fingerprint density at radius 2 is 2.29 bits per heavy atom. The fourth-order valence-electron chi connectivity index (χ4n) is 1.36. The van der Waals surface area contributed by atoms with Crippen LogP contribution in [0.5, 0.6) is 0 Å². The van der Waals surface area contributed by atoms with Gasteiger partial charge in [-0.2, -0.15) is 4.98 Å². The smallest absolute Gasteiger partial charge is 0.259 e. The largest absolute Gasteiger partial charge is 0.334 e. The van der Waals surface area contributed by atoms with Crippen LogP contribution in [0.25, 0.3) is 11.5 Å². The number of hydrogen-bond acceptors (Lipinski definition) is 4. The Hall–Kier alpha value is -0.470. The highest BCUT2D eigenvalue weighted by Gasteiger charge is 2.12. The van der Waals surface area contributed by atoms with E-state index in [4.69, 9.17) is 4.52 Å². The van der Waals surface area contributed by atoms with Crippen LogP contribution in [0, 0.1) is 3.57 Å². The third-order valence-corrected chi connectivity index (χ3v) is 3.59. The van der Waals surface area contributed by atoms with Crippen LogP contribution in [0.3, 0.4) is 0 Å². The van der Waals surface area contributed by atoms with Crippen molar-refractivity contribution in [2.45, 2.75) is 6.42 Å². The van der Waals surface area contributed by atoms with E-state index in [0.717, 1.165) is 32.4 Å². The molecule has 0 fully saturated rings. The van der Waals surface area contributed by atoms with Crippen molar-refractivity contribution >= 4 is 38.5 Å². The molecule has 0 saturated heterocycles. The maximum Gasteiger partial charge on any atom is 0.259 e. The van der Waals surface area contributed by atoms with Gasteiger partial charge in [-0.15, -0.1) is 0 Å². The van der Waals surface area contributed by atoms with Crippen LogP contribution in [-0.4, -0.2) is 23.7 Å². The minimum absolute atomic E-state index is 0.557. The van der Waals surface area contributed by atoms with Crippen molar-refractivity contribution < 1.29 is 4.52 Å². The van der Waals surface area contributed by atoms with Gasteiger partial charge in [0.25, 0.3) is 5.89 Å². The lowest BCUT2D eigenvalue weighted by molar-refractivity contribution is 0.422. The van der Waals surface area contributed by atoms with Crippen LogP contribution in [0.15, 0.2) is 27.2 Å². The zero-order chi connectivity index (χ0) is 12.3. The van der Waals surface area contributed by atoms with E-state index in [1.807, 2.05) is 25.2 Å². The van der Waals surface area contributed by atoms with Crippen molar-refractivity contribution in [1.29, 1.82) is 0 Å². The van der Waals surface area contributed by atoms with Gasteiger partial charge in [-0.3, -0.25) is 0 Å². The Labute approximate surface area is 121 Å². The summed E-state index contributed by atoms with van der Waals surface area (Å²) in [5, 5.41) is 7.01. The van der Waals surface area contributed by atoms with Crippen LogP contribution in [-0.2, 0) is 6.42 Å². The molecule has 0 atom stereocenters. The molecule has 1 heterocycles. The first-order chi connectivity index (χ1) is 8.20. The van der Waals surface area contributed by atoms with E-state index in [2.05, 4.69) is 54.0 Å². The van der Waals surface area contributed by atoms with E-state index in [-0.39, 0.29) is 0 Å². The second-order valence-corrected chi connectivity index (χ2v) is 5.59. The Kier molecular flexibility index (Phi) is 4.52. The van der Waals surface area contributed by atoms with Gasteiger partial charge in [-0.05, 0) is 63.8 Å². The lowest BCUT2D eigenvalue weighted by atomic mass is 10.2. The molecule has 0 aliphatic heterocycles. The van der Waals surface area contributed by atoms with Crippen molar-refractivity contribution in [3.63, 3.8) is 0 Å². The Morgan fingerprint density at radius 3 is 3.06 bits per heavy atom. The van der Waals surface area contributed by atoms with Crippen molar-refractivity contribution in [3.05, 3.63) is 32.1 Å². The van der Waals surface area contributed by atoms with Crippen molar-refractivity contribution in [2.24, 2.45) is 0 Å². The molecule has 0 bridgehead atoms. The predicted molar refractivity (Wildman–Crippen MR) is 77.8 cm³/mol. The molecule has 2 rings (SSSR count). The highest BCUT2D eigenvalue weighted by Crippen LogP contribution is 2.28. The number of halogens is 2. The SMILES string of the molecule is CNCCc1noc(-c2cc(I)ccc2Br)n1. The van der Waals surface area contributed by atoms with Gasteiger partial charge in [0, 0.05) is 21.0 Å². The molecule has 0 aliphatic rings. The van der Waals surface area contributed by atoms with E-state index in [1.165, 1.54) is 0 Å². The minimum atomic E-state index is 0.557. The van der Waals surface area contributed by atoms with Crippen LogP contribution in [0.1, 0.15) is 5.82 Å². The molecular formula is C11H11BrIN3O. The van der Waals surface area contributed by atoms with Crippen LogP contribution in [0.4, 0.5) is 0 Å².